The zero-order valence-electron chi connectivity index (χ0n) is 12.1. The molecule has 0 N–H and O–H groups in total. The van der Waals surface area contributed by atoms with E-state index in [2.05, 4.69) is 32.6 Å². The fraction of sp³-hybridized carbons (Fsp3) is 1.00. The van der Waals surface area contributed by atoms with Gasteiger partial charge in [0.15, 0.2) is 0 Å². The number of hydrogen-bond donors (Lipinski definition) is 0. The average Bonchev–Trinajstić information content (AvgIpc) is 2.86. The number of nitrogens with zero attached hydrogens (tertiary/aromatic N) is 1. The van der Waals surface area contributed by atoms with Crippen molar-refractivity contribution >= 4 is 0 Å². The lowest BCUT2D eigenvalue weighted by Crippen LogP contribution is -2.37. The first-order chi connectivity index (χ1) is 7.94. The molecule has 1 atom stereocenters. The van der Waals surface area contributed by atoms with Crippen LogP contribution in [0.4, 0.5) is 0 Å². The molecule has 0 aromatic carbocycles. The van der Waals surface area contributed by atoms with Gasteiger partial charge in [-0.05, 0) is 59.4 Å². The largest absolute Gasteiger partial charge is 0.375 e. The van der Waals surface area contributed by atoms with Crippen molar-refractivity contribution in [2.75, 3.05) is 19.7 Å². The summed E-state index contributed by atoms with van der Waals surface area (Å²) in [5.41, 5.74) is 0.524. The molecule has 2 heteroatoms. The smallest absolute Gasteiger partial charge is 0.0598 e. The summed E-state index contributed by atoms with van der Waals surface area (Å²) < 4.78 is 6.01. The molecule has 0 radical (unpaired) electrons. The van der Waals surface area contributed by atoms with Crippen molar-refractivity contribution in [2.45, 2.75) is 71.4 Å². The number of hydrogen-bond acceptors (Lipinski definition) is 2. The summed E-state index contributed by atoms with van der Waals surface area (Å²) in [7, 11) is 0. The van der Waals surface area contributed by atoms with Gasteiger partial charge in [0.05, 0.1) is 12.2 Å². The summed E-state index contributed by atoms with van der Waals surface area (Å²) in [5.74, 6) is 0. The maximum Gasteiger partial charge on any atom is 0.0598 e. The first kappa shape index (κ1) is 13.4. The van der Waals surface area contributed by atoms with Crippen LogP contribution in [0, 0.1) is 5.41 Å². The standard InChI is InChI=1S/C15H29NO/c1-5-13-7-6-10-16(13)11-15(8-9-15)12-17-14(2,3)4/h13H,5-12H2,1-4H3. The Morgan fingerprint density at radius 1 is 1.29 bits per heavy atom. The Kier molecular flexibility index (Phi) is 3.84. The van der Waals surface area contributed by atoms with Gasteiger partial charge in [-0.25, -0.2) is 0 Å². The molecule has 0 aromatic heterocycles. The van der Waals surface area contributed by atoms with E-state index >= 15 is 0 Å². The van der Waals surface area contributed by atoms with E-state index in [4.69, 9.17) is 4.74 Å². The average molecular weight is 239 g/mol. The quantitative estimate of drug-likeness (QED) is 0.728. The minimum absolute atomic E-state index is 0.0186. The van der Waals surface area contributed by atoms with Crippen LogP contribution in [-0.2, 0) is 4.74 Å². The fourth-order valence-electron chi connectivity index (χ4n) is 2.89. The van der Waals surface area contributed by atoms with Crippen LogP contribution in [0.3, 0.4) is 0 Å². The molecule has 2 rings (SSSR count). The van der Waals surface area contributed by atoms with Crippen LogP contribution in [0.15, 0.2) is 0 Å². The molecule has 1 saturated heterocycles. The molecule has 1 heterocycles. The zero-order chi connectivity index (χ0) is 12.5. The third-order valence-corrected chi connectivity index (χ3v) is 4.28. The Morgan fingerprint density at radius 2 is 2.00 bits per heavy atom. The molecule has 1 aliphatic heterocycles. The van der Waals surface area contributed by atoms with Crippen LogP contribution in [0.5, 0.6) is 0 Å². The monoisotopic (exact) mass is 239 g/mol. The minimum atomic E-state index is 0.0186. The highest BCUT2D eigenvalue weighted by molar-refractivity contribution is 4.98. The summed E-state index contributed by atoms with van der Waals surface area (Å²) in [4.78, 5) is 2.72. The van der Waals surface area contributed by atoms with Crippen molar-refractivity contribution < 1.29 is 4.74 Å². The minimum Gasteiger partial charge on any atom is -0.375 e. The Labute approximate surface area is 107 Å². The van der Waals surface area contributed by atoms with Crippen molar-refractivity contribution in [1.29, 1.82) is 0 Å². The molecule has 0 bridgehead atoms. The van der Waals surface area contributed by atoms with E-state index in [-0.39, 0.29) is 5.60 Å². The Bertz CT molecular complexity index is 252. The molecule has 17 heavy (non-hydrogen) atoms. The molecule has 2 fully saturated rings. The van der Waals surface area contributed by atoms with E-state index in [1.807, 2.05) is 0 Å². The molecule has 0 aromatic rings. The van der Waals surface area contributed by atoms with E-state index in [0.717, 1.165) is 12.6 Å². The summed E-state index contributed by atoms with van der Waals surface area (Å²) in [6.45, 7) is 12.4. The molecule has 0 amide bonds. The highest BCUT2D eigenvalue weighted by atomic mass is 16.5. The van der Waals surface area contributed by atoms with Crippen LogP contribution in [0.1, 0.15) is 59.8 Å². The van der Waals surface area contributed by atoms with Gasteiger partial charge in [0.2, 0.25) is 0 Å². The van der Waals surface area contributed by atoms with Crippen molar-refractivity contribution in [3.63, 3.8) is 0 Å². The van der Waals surface area contributed by atoms with Crippen LogP contribution >= 0.6 is 0 Å². The van der Waals surface area contributed by atoms with Crippen LogP contribution in [0.25, 0.3) is 0 Å². The predicted octanol–water partition coefficient (Wildman–Crippen LogP) is 3.46. The molecule has 100 valence electrons. The van der Waals surface area contributed by atoms with Gasteiger partial charge in [-0.3, -0.25) is 4.90 Å². The summed E-state index contributed by atoms with van der Waals surface area (Å²) >= 11 is 0. The second kappa shape index (κ2) is 4.89. The Morgan fingerprint density at radius 3 is 2.53 bits per heavy atom. The van der Waals surface area contributed by atoms with Gasteiger partial charge >= 0.3 is 0 Å². The van der Waals surface area contributed by atoms with Gasteiger partial charge in [-0.1, -0.05) is 6.92 Å². The highest BCUT2D eigenvalue weighted by Gasteiger charge is 2.46. The molecular weight excluding hydrogens is 210 g/mol. The van der Waals surface area contributed by atoms with Gasteiger partial charge in [-0.15, -0.1) is 0 Å². The summed E-state index contributed by atoms with van der Waals surface area (Å²) in [6, 6.07) is 0.849. The molecule has 2 aliphatic rings. The molecule has 1 aliphatic carbocycles. The summed E-state index contributed by atoms with van der Waals surface area (Å²) in [6.07, 6.45) is 6.86. The van der Waals surface area contributed by atoms with Gasteiger partial charge in [-0.2, -0.15) is 0 Å². The van der Waals surface area contributed by atoms with Crippen LogP contribution < -0.4 is 0 Å². The predicted molar refractivity (Wildman–Crippen MR) is 72.3 cm³/mol. The lowest BCUT2D eigenvalue weighted by Gasteiger charge is -2.30. The van der Waals surface area contributed by atoms with Crippen molar-refractivity contribution in [3.05, 3.63) is 0 Å². The summed E-state index contributed by atoms with van der Waals surface area (Å²) in [5, 5.41) is 0. The Balaban J connectivity index is 1.81. The van der Waals surface area contributed by atoms with Gasteiger partial charge < -0.3 is 4.74 Å². The van der Waals surface area contributed by atoms with Gasteiger partial charge in [0, 0.05) is 18.0 Å². The van der Waals surface area contributed by atoms with E-state index < -0.39 is 0 Å². The van der Waals surface area contributed by atoms with E-state index in [1.54, 1.807) is 0 Å². The van der Waals surface area contributed by atoms with Crippen molar-refractivity contribution in [2.24, 2.45) is 5.41 Å². The molecule has 1 unspecified atom stereocenters. The number of likely N-dealkylation sites (tertiary alicyclic amines) is 1. The van der Waals surface area contributed by atoms with Crippen LogP contribution in [-0.4, -0.2) is 36.2 Å². The van der Waals surface area contributed by atoms with Gasteiger partial charge in [0.25, 0.3) is 0 Å². The Hall–Kier alpha value is -0.0800. The lowest BCUT2D eigenvalue weighted by atomic mass is 10.1. The second-order valence-corrected chi connectivity index (χ2v) is 7.08. The first-order valence-electron chi connectivity index (χ1n) is 7.32. The topological polar surface area (TPSA) is 12.5 Å². The number of ether oxygens (including phenoxy) is 1. The third kappa shape index (κ3) is 3.69. The second-order valence-electron chi connectivity index (χ2n) is 7.08. The third-order valence-electron chi connectivity index (χ3n) is 4.28. The molecular formula is C15H29NO. The first-order valence-corrected chi connectivity index (χ1v) is 7.32. The van der Waals surface area contributed by atoms with E-state index in [1.165, 1.54) is 45.2 Å². The van der Waals surface area contributed by atoms with Crippen LogP contribution in [0.2, 0.25) is 0 Å². The molecule has 0 spiro atoms. The zero-order valence-corrected chi connectivity index (χ0v) is 12.1. The number of rotatable bonds is 5. The SMILES string of the molecule is CCC1CCCN1CC1(COC(C)(C)C)CC1. The maximum absolute atomic E-state index is 6.01. The maximum atomic E-state index is 6.01. The highest BCUT2D eigenvalue weighted by Crippen LogP contribution is 2.48. The fourth-order valence-corrected chi connectivity index (χ4v) is 2.89. The van der Waals surface area contributed by atoms with E-state index in [9.17, 15) is 0 Å². The van der Waals surface area contributed by atoms with Crippen molar-refractivity contribution in [1.82, 2.24) is 4.90 Å². The normalized spacial score (nSPS) is 28.6. The van der Waals surface area contributed by atoms with E-state index in [0.29, 0.717) is 5.41 Å². The molecule has 1 saturated carbocycles. The lowest BCUT2D eigenvalue weighted by molar-refractivity contribution is -0.0346. The van der Waals surface area contributed by atoms with Crippen molar-refractivity contribution in [3.8, 4) is 0 Å². The van der Waals surface area contributed by atoms with Gasteiger partial charge in [0.1, 0.15) is 0 Å². The molecule has 2 nitrogen and oxygen atoms in total.